The molecule has 2 atom stereocenters. The van der Waals surface area contributed by atoms with Crippen LogP contribution in [0, 0.1) is 6.92 Å². The average molecular weight is 381 g/mol. The van der Waals surface area contributed by atoms with Crippen molar-refractivity contribution in [1.29, 1.82) is 0 Å². The summed E-state index contributed by atoms with van der Waals surface area (Å²) in [5.41, 5.74) is 1.06. The highest BCUT2D eigenvalue weighted by Crippen LogP contribution is 2.26. The SMILES string of the molecule is Cc1ccc(S(=O)OS(=O)Oc2ccc(Cl)cc2)c2ccccc12. The Morgan fingerprint density at radius 1 is 0.875 bits per heavy atom. The minimum absolute atomic E-state index is 0.309. The summed E-state index contributed by atoms with van der Waals surface area (Å²) in [6.45, 7) is 1.97. The molecule has 0 saturated heterocycles. The van der Waals surface area contributed by atoms with Crippen LogP contribution in [0.1, 0.15) is 5.56 Å². The molecule has 0 N–H and O–H groups in total. The Morgan fingerprint density at radius 3 is 2.25 bits per heavy atom. The summed E-state index contributed by atoms with van der Waals surface area (Å²) < 4.78 is 34.4. The fourth-order valence-corrected chi connectivity index (χ4v) is 3.98. The molecule has 24 heavy (non-hydrogen) atoms. The molecule has 124 valence electrons. The van der Waals surface area contributed by atoms with Crippen LogP contribution in [0.15, 0.2) is 65.6 Å². The van der Waals surface area contributed by atoms with E-state index < -0.39 is 22.4 Å². The van der Waals surface area contributed by atoms with Gasteiger partial charge in [-0.25, -0.2) is 4.21 Å². The number of hydrogen-bond donors (Lipinski definition) is 0. The Balaban J connectivity index is 1.79. The molecule has 0 fully saturated rings. The van der Waals surface area contributed by atoms with E-state index in [1.54, 1.807) is 30.3 Å². The van der Waals surface area contributed by atoms with Crippen molar-refractivity contribution < 1.29 is 16.2 Å². The van der Waals surface area contributed by atoms with E-state index in [1.807, 2.05) is 37.3 Å². The van der Waals surface area contributed by atoms with Crippen molar-refractivity contribution in [2.75, 3.05) is 0 Å². The van der Waals surface area contributed by atoms with E-state index in [0.29, 0.717) is 15.7 Å². The van der Waals surface area contributed by atoms with Gasteiger partial charge in [0, 0.05) is 10.4 Å². The van der Waals surface area contributed by atoms with Crippen molar-refractivity contribution in [2.24, 2.45) is 0 Å². The lowest BCUT2D eigenvalue weighted by atomic mass is 10.1. The van der Waals surface area contributed by atoms with E-state index in [2.05, 4.69) is 0 Å². The van der Waals surface area contributed by atoms with Crippen LogP contribution in [0.2, 0.25) is 5.02 Å². The fourth-order valence-electron chi connectivity index (χ4n) is 2.24. The lowest BCUT2D eigenvalue weighted by Crippen LogP contribution is -2.08. The standard InChI is InChI=1S/C17H13ClO4S2/c1-12-6-11-17(16-5-3-2-4-15(12)16)23(19)22-24(20)21-14-9-7-13(18)8-10-14/h2-11H,1H3. The maximum absolute atomic E-state index is 12.4. The third-order valence-electron chi connectivity index (χ3n) is 3.38. The normalized spacial score (nSPS) is 13.6. The lowest BCUT2D eigenvalue weighted by Gasteiger charge is -2.08. The minimum atomic E-state index is -2.20. The molecule has 0 aromatic heterocycles. The zero-order chi connectivity index (χ0) is 17.1. The van der Waals surface area contributed by atoms with E-state index in [4.69, 9.17) is 19.4 Å². The lowest BCUT2D eigenvalue weighted by molar-refractivity contribution is 0.474. The molecule has 0 bridgehead atoms. The van der Waals surface area contributed by atoms with Crippen LogP contribution >= 0.6 is 11.6 Å². The second-order valence-electron chi connectivity index (χ2n) is 4.97. The molecule has 4 nitrogen and oxygen atoms in total. The molecule has 0 heterocycles. The quantitative estimate of drug-likeness (QED) is 0.654. The summed E-state index contributed by atoms with van der Waals surface area (Å²) >= 11 is 1.64. The van der Waals surface area contributed by atoms with Crippen molar-refractivity contribution in [3.8, 4) is 5.75 Å². The van der Waals surface area contributed by atoms with Gasteiger partial charge in [0.05, 0.1) is 4.90 Å². The summed E-state index contributed by atoms with van der Waals surface area (Å²) in [5, 5.41) is 2.29. The first-order valence-electron chi connectivity index (χ1n) is 6.99. The highest BCUT2D eigenvalue weighted by molar-refractivity contribution is 7.91. The van der Waals surface area contributed by atoms with Crippen LogP contribution in [0.4, 0.5) is 0 Å². The van der Waals surface area contributed by atoms with Crippen molar-refractivity contribution in [2.45, 2.75) is 11.8 Å². The minimum Gasteiger partial charge on any atom is -0.379 e. The summed E-state index contributed by atoms with van der Waals surface area (Å²) in [6, 6.07) is 17.4. The van der Waals surface area contributed by atoms with Crippen LogP contribution < -0.4 is 4.18 Å². The number of hydrogen-bond acceptors (Lipinski definition) is 4. The predicted octanol–water partition coefficient (Wildman–Crippen LogP) is 4.50. The van der Waals surface area contributed by atoms with Crippen LogP contribution in [0.25, 0.3) is 10.8 Å². The molecule has 3 aromatic carbocycles. The van der Waals surface area contributed by atoms with Gasteiger partial charge in [-0.2, -0.15) is 7.84 Å². The Morgan fingerprint density at radius 2 is 1.54 bits per heavy atom. The van der Waals surface area contributed by atoms with Crippen LogP contribution in [0.5, 0.6) is 5.75 Å². The molecule has 3 aromatic rings. The second-order valence-corrected chi connectivity index (χ2v) is 7.44. The molecule has 0 aliphatic carbocycles. The average Bonchev–Trinajstić information content (AvgIpc) is 2.57. The molecule has 0 spiro atoms. The molecular formula is C17H13ClO4S2. The second kappa shape index (κ2) is 7.44. The van der Waals surface area contributed by atoms with Gasteiger partial charge in [0.25, 0.3) is 0 Å². The molecular weight excluding hydrogens is 368 g/mol. The van der Waals surface area contributed by atoms with Gasteiger partial charge in [-0.15, -0.1) is 0 Å². The van der Waals surface area contributed by atoms with Gasteiger partial charge in [0.1, 0.15) is 5.75 Å². The Hall–Kier alpha value is -1.73. The number of halogens is 1. The highest BCUT2D eigenvalue weighted by Gasteiger charge is 2.15. The van der Waals surface area contributed by atoms with E-state index in [9.17, 15) is 8.42 Å². The van der Waals surface area contributed by atoms with Gasteiger partial charge in [0.15, 0.2) is 0 Å². The maximum atomic E-state index is 12.4. The van der Waals surface area contributed by atoms with E-state index in [1.165, 1.54) is 0 Å². The topological polar surface area (TPSA) is 52.6 Å². The van der Waals surface area contributed by atoms with E-state index in [-0.39, 0.29) is 0 Å². The molecule has 7 heteroatoms. The molecule has 0 aliphatic rings. The molecule has 2 unspecified atom stereocenters. The first-order valence-corrected chi connectivity index (χ1v) is 9.44. The van der Waals surface area contributed by atoms with Gasteiger partial charge >= 0.3 is 11.4 Å². The zero-order valence-corrected chi connectivity index (χ0v) is 15.0. The third-order valence-corrected chi connectivity index (χ3v) is 5.61. The summed E-state index contributed by atoms with van der Waals surface area (Å²) in [7, 11) is 0. The monoisotopic (exact) mass is 380 g/mol. The van der Waals surface area contributed by atoms with Gasteiger partial charge in [-0.3, -0.25) is 0 Å². The number of benzene rings is 3. The largest absolute Gasteiger partial charge is 0.379 e. The van der Waals surface area contributed by atoms with Crippen LogP contribution in [0.3, 0.4) is 0 Å². The Bertz CT molecular complexity index is 926. The molecule has 0 aliphatic heterocycles. The highest BCUT2D eigenvalue weighted by atomic mass is 35.5. The summed E-state index contributed by atoms with van der Waals surface area (Å²) in [5.74, 6) is 0.309. The first-order chi connectivity index (χ1) is 11.5. The van der Waals surface area contributed by atoms with Crippen molar-refractivity contribution >= 4 is 44.8 Å². The zero-order valence-electron chi connectivity index (χ0n) is 12.6. The van der Waals surface area contributed by atoms with Crippen molar-refractivity contribution in [1.82, 2.24) is 0 Å². The fraction of sp³-hybridized carbons (Fsp3) is 0.0588. The molecule has 3 rings (SSSR count). The first kappa shape index (κ1) is 17.1. The van der Waals surface area contributed by atoms with Crippen LogP contribution in [-0.2, 0) is 26.1 Å². The number of fused-ring (bicyclic) bond motifs is 1. The van der Waals surface area contributed by atoms with Gasteiger partial charge in [0.2, 0.25) is 11.1 Å². The predicted molar refractivity (Wildman–Crippen MR) is 96.4 cm³/mol. The maximum Gasteiger partial charge on any atom is 0.374 e. The molecule has 0 saturated carbocycles. The number of rotatable bonds is 5. The Kier molecular flexibility index (Phi) is 5.30. The smallest absolute Gasteiger partial charge is 0.374 e. The number of aryl methyl sites for hydroxylation is 1. The third kappa shape index (κ3) is 3.84. The van der Waals surface area contributed by atoms with Crippen molar-refractivity contribution in [3.63, 3.8) is 0 Å². The van der Waals surface area contributed by atoms with Crippen molar-refractivity contribution in [3.05, 3.63) is 71.2 Å². The van der Waals surface area contributed by atoms with E-state index in [0.717, 1.165) is 16.3 Å². The van der Waals surface area contributed by atoms with Gasteiger partial charge in [-0.1, -0.05) is 41.9 Å². The summed E-state index contributed by atoms with van der Waals surface area (Å²) in [6.07, 6.45) is 0. The molecule has 0 amide bonds. The van der Waals surface area contributed by atoms with Crippen LogP contribution in [-0.4, -0.2) is 8.42 Å². The molecule has 0 radical (unpaired) electrons. The Labute approximate surface area is 149 Å². The van der Waals surface area contributed by atoms with E-state index >= 15 is 0 Å². The summed E-state index contributed by atoms with van der Waals surface area (Å²) in [4.78, 5) is 0.448. The van der Waals surface area contributed by atoms with Gasteiger partial charge < -0.3 is 4.18 Å². The van der Waals surface area contributed by atoms with Gasteiger partial charge in [-0.05, 0) is 48.2 Å².